The van der Waals surface area contributed by atoms with Crippen molar-refractivity contribution in [3.63, 3.8) is 0 Å². The molecule has 3 rings (SSSR count). The highest BCUT2D eigenvalue weighted by Gasteiger charge is 2.31. The lowest BCUT2D eigenvalue weighted by molar-refractivity contribution is -0.137. The van der Waals surface area contributed by atoms with Crippen molar-refractivity contribution in [3.05, 3.63) is 83.7 Å². The quantitative estimate of drug-likeness (QED) is 0.554. The molecule has 0 spiro atoms. The van der Waals surface area contributed by atoms with Crippen LogP contribution in [0.3, 0.4) is 0 Å². The summed E-state index contributed by atoms with van der Waals surface area (Å²) in [5, 5.41) is 8.99. The molecule has 0 aliphatic rings. The largest absolute Gasteiger partial charge is 0.456 e. The Labute approximate surface area is 164 Å². The standard InChI is InChI=1S/C21H14F3N3O2/c22-21(23,24)17-8-20(12-26-11-17)29-19-6-2-5-18(9-19)27(14-28)13-16-4-1-3-15(7-16)10-25/h1-9,11-12,14H,13H2. The maximum atomic E-state index is 12.8. The first-order valence-corrected chi connectivity index (χ1v) is 8.40. The SMILES string of the molecule is N#Cc1cccc(CN(C=O)c2cccc(Oc3cncc(C(F)(F)F)c3)c2)c1. The summed E-state index contributed by atoms with van der Waals surface area (Å²) in [5.41, 5.74) is 0.796. The number of carbonyl (C=O) groups excluding carboxylic acids is 1. The maximum Gasteiger partial charge on any atom is 0.418 e. The van der Waals surface area contributed by atoms with Crippen LogP contribution in [-0.2, 0) is 17.5 Å². The van der Waals surface area contributed by atoms with Crippen LogP contribution < -0.4 is 9.64 Å². The number of nitrogens with zero attached hydrogens (tertiary/aromatic N) is 3. The molecule has 8 heteroatoms. The van der Waals surface area contributed by atoms with Crippen molar-refractivity contribution in [2.75, 3.05) is 4.90 Å². The fourth-order valence-electron chi connectivity index (χ4n) is 2.62. The number of hydrogen-bond donors (Lipinski definition) is 0. The van der Waals surface area contributed by atoms with E-state index in [1.54, 1.807) is 42.5 Å². The number of halogens is 3. The topological polar surface area (TPSA) is 66.2 Å². The fraction of sp³-hybridized carbons (Fsp3) is 0.0952. The Morgan fingerprint density at radius 1 is 1.07 bits per heavy atom. The number of ether oxygens (including phenoxy) is 1. The van der Waals surface area contributed by atoms with Gasteiger partial charge in [-0.3, -0.25) is 9.78 Å². The number of hydrogen-bond acceptors (Lipinski definition) is 4. The summed E-state index contributed by atoms with van der Waals surface area (Å²) in [6.45, 7) is 0.216. The van der Waals surface area contributed by atoms with E-state index in [2.05, 4.69) is 4.98 Å². The molecular weight excluding hydrogens is 383 g/mol. The molecule has 29 heavy (non-hydrogen) atoms. The van der Waals surface area contributed by atoms with Crippen LogP contribution in [0.25, 0.3) is 0 Å². The van der Waals surface area contributed by atoms with Crippen molar-refractivity contribution >= 4 is 12.1 Å². The number of amides is 1. The molecule has 0 aliphatic heterocycles. The van der Waals surface area contributed by atoms with Gasteiger partial charge in [0, 0.05) is 18.0 Å². The molecule has 1 aromatic heterocycles. The lowest BCUT2D eigenvalue weighted by Gasteiger charge is -2.18. The van der Waals surface area contributed by atoms with Crippen LogP contribution in [0.4, 0.5) is 18.9 Å². The highest BCUT2D eigenvalue weighted by molar-refractivity contribution is 5.75. The average Bonchev–Trinajstić information content (AvgIpc) is 2.72. The van der Waals surface area contributed by atoms with Gasteiger partial charge in [0.15, 0.2) is 0 Å². The summed E-state index contributed by atoms with van der Waals surface area (Å²) in [7, 11) is 0. The summed E-state index contributed by atoms with van der Waals surface area (Å²) in [4.78, 5) is 16.5. The minimum atomic E-state index is -4.53. The molecule has 0 fully saturated rings. The Morgan fingerprint density at radius 3 is 2.59 bits per heavy atom. The van der Waals surface area contributed by atoms with Gasteiger partial charge in [0.25, 0.3) is 0 Å². The molecule has 0 saturated carbocycles. The van der Waals surface area contributed by atoms with E-state index in [1.165, 1.54) is 17.2 Å². The van der Waals surface area contributed by atoms with Crippen molar-refractivity contribution in [1.82, 2.24) is 4.98 Å². The normalized spacial score (nSPS) is 10.8. The number of anilines is 1. The number of rotatable bonds is 6. The summed E-state index contributed by atoms with van der Waals surface area (Å²) in [5.74, 6) is 0.178. The molecule has 1 amide bonds. The van der Waals surface area contributed by atoms with Crippen molar-refractivity contribution < 1.29 is 22.7 Å². The van der Waals surface area contributed by atoms with Gasteiger partial charge in [-0.15, -0.1) is 0 Å². The van der Waals surface area contributed by atoms with Crippen LogP contribution in [0.2, 0.25) is 0 Å². The van der Waals surface area contributed by atoms with Gasteiger partial charge in [-0.1, -0.05) is 18.2 Å². The Balaban J connectivity index is 1.81. The van der Waals surface area contributed by atoms with E-state index in [0.717, 1.165) is 11.6 Å². The van der Waals surface area contributed by atoms with Gasteiger partial charge >= 0.3 is 6.18 Å². The minimum Gasteiger partial charge on any atom is -0.456 e. The first-order valence-electron chi connectivity index (χ1n) is 8.40. The van der Waals surface area contributed by atoms with E-state index in [4.69, 9.17) is 10.00 Å². The van der Waals surface area contributed by atoms with Crippen molar-refractivity contribution in [2.24, 2.45) is 0 Å². The Bertz CT molecular complexity index is 1060. The van der Waals surface area contributed by atoms with Gasteiger partial charge in [0.05, 0.1) is 29.9 Å². The van der Waals surface area contributed by atoms with Crippen LogP contribution in [0.5, 0.6) is 11.5 Å². The Morgan fingerprint density at radius 2 is 1.86 bits per heavy atom. The van der Waals surface area contributed by atoms with Crippen LogP contribution >= 0.6 is 0 Å². The van der Waals surface area contributed by atoms with Crippen LogP contribution in [0.15, 0.2) is 67.0 Å². The van der Waals surface area contributed by atoms with E-state index in [0.29, 0.717) is 23.9 Å². The zero-order chi connectivity index (χ0) is 20.9. The van der Waals surface area contributed by atoms with E-state index < -0.39 is 11.7 Å². The number of alkyl halides is 3. The van der Waals surface area contributed by atoms with Gasteiger partial charge in [0.2, 0.25) is 6.41 Å². The monoisotopic (exact) mass is 397 g/mol. The second kappa shape index (κ2) is 8.44. The minimum absolute atomic E-state index is 0.0728. The first-order chi connectivity index (χ1) is 13.9. The van der Waals surface area contributed by atoms with Crippen LogP contribution in [0.1, 0.15) is 16.7 Å². The van der Waals surface area contributed by atoms with E-state index >= 15 is 0 Å². The molecule has 0 unspecified atom stereocenters. The molecule has 1 heterocycles. The second-order valence-corrected chi connectivity index (χ2v) is 6.05. The van der Waals surface area contributed by atoms with E-state index in [9.17, 15) is 18.0 Å². The predicted octanol–water partition coefficient (Wildman–Crippen LogP) is 4.93. The molecule has 0 N–H and O–H groups in total. The summed E-state index contributed by atoms with van der Waals surface area (Å²) in [6, 6.07) is 16.1. The van der Waals surface area contributed by atoms with Crippen LogP contribution in [0, 0.1) is 11.3 Å². The van der Waals surface area contributed by atoms with Crippen LogP contribution in [-0.4, -0.2) is 11.4 Å². The zero-order valence-corrected chi connectivity index (χ0v) is 14.9. The Kier molecular flexibility index (Phi) is 5.79. The van der Waals surface area contributed by atoms with E-state index in [-0.39, 0.29) is 18.0 Å². The molecule has 0 radical (unpaired) electrons. The third-order valence-corrected chi connectivity index (χ3v) is 3.96. The second-order valence-electron chi connectivity index (χ2n) is 6.05. The zero-order valence-electron chi connectivity index (χ0n) is 14.9. The van der Waals surface area contributed by atoms with Gasteiger partial charge in [-0.25, -0.2) is 0 Å². The number of aromatic nitrogens is 1. The number of pyridine rings is 1. The molecule has 146 valence electrons. The smallest absolute Gasteiger partial charge is 0.418 e. The van der Waals surface area contributed by atoms with Gasteiger partial charge in [0.1, 0.15) is 11.5 Å². The van der Waals surface area contributed by atoms with Gasteiger partial charge < -0.3 is 9.64 Å². The number of nitriles is 1. The number of carbonyl (C=O) groups is 1. The highest BCUT2D eigenvalue weighted by Crippen LogP contribution is 2.32. The molecule has 0 atom stereocenters. The molecule has 3 aromatic rings. The lowest BCUT2D eigenvalue weighted by atomic mass is 10.1. The molecule has 0 aliphatic carbocycles. The molecule has 5 nitrogen and oxygen atoms in total. The fourth-order valence-corrected chi connectivity index (χ4v) is 2.62. The molecule has 2 aromatic carbocycles. The van der Waals surface area contributed by atoms with Crippen molar-refractivity contribution in [2.45, 2.75) is 12.7 Å². The molecule has 0 bridgehead atoms. The van der Waals surface area contributed by atoms with Gasteiger partial charge in [-0.05, 0) is 35.9 Å². The van der Waals surface area contributed by atoms with E-state index in [1.807, 2.05) is 6.07 Å². The summed E-state index contributed by atoms with van der Waals surface area (Å²) in [6.07, 6.45) is -2.01. The van der Waals surface area contributed by atoms with Gasteiger partial charge in [-0.2, -0.15) is 18.4 Å². The van der Waals surface area contributed by atoms with Crippen molar-refractivity contribution in [3.8, 4) is 17.6 Å². The van der Waals surface area contributed by atoms with Crippen molar-refractivity contribution in [1.29, 1.82) is 5.26 Å². The Hall–Kier alpha value is -3.86. The average molecular weight is 397 g/mol. The third kappa shape index (κ3) is 5.11. The maximum absolute atomic E-state index is 12.8. The molecule has 0 saturated heterocycles. The lowest BCUT2D eigenvalue weighted by Crippen LogP contribution is -2.20. The first kappa shape index (κ1) is 19.9. The number of benzene rings is 2. The summed E-state index contributed by atoms with van der Waals surface area (Å²) < 4.78 is 44.0. The molecular formula is C21H14F3N3O2. The third-order valence-electron chi connectivity index (χ3n) is 3.96. The highest BCUT2D eigenvalue weighted by atomic mass is 19.4. The predicted molar refractivity (Wildman–Crippen MR) is 99.2 cm³/mol. The summed E-state index contributed by atoms with van der Waals surface area (Å²) >= 11 is 0.